The standard InChI is InChI=1S/C16H20ClN3O/c1-4-8-18-15-12(5-2)16(20-10-19-15)21-14-7-6-11(3)9-13(14)17/h6-7,9-10H,4-5,8H2,1-3H3,(H,18,19,20). The molecule has 1 aromatic carbocycles. The average molecular weight is 306 g/mol. The molecule has 1 heterocycles. The highest BCUT2D eigenvalue weighted by atomic mass is 35.5. The van der Waals surface area contributed by atoms with Gasteiger partial charge in [0.15, 0.2) is 0 Å². The molecule has 0 unspecified atom stereocenters. The second kappa shape index (κ2) is 7.27. The summed E-state index contributed by atoms with van der Waals surface area (Å²) in [6.45, 7) is 7.03. The summed E-state index contributed by atoms with van der Waals surface area (Å²) < 4.78 is 5.88. The van der Waals surface area contributed by atoms with Crippen LogP contribution in [-0.4, -0.2) is 16.5 Å². The van der Waals surface area contributed by atoms with Crippen molar-refractivity contribution in [3.05, 3.63) is 40.7 Å². The van der Waals surface area contributed by atoms with Crippen molar-refractivity contribution in [3.8, 4) is 11.6 Å². The molecule has 112 valence electrons. The molecule has 2 rings (SSSR count). The fraction of sp³-hybridized carbons (Fsp3) is 0.375. The lowest BCUT2D eigenvalue weighted by atomic mass is 10.2. The number of hydrogen-bond acceptors (Lipinski definition) is 4. The van der Waals surface area contributed by atoms with Gasteiger partial charge in [-0.25, -0.2) is 9.97 Å². The lowest BCUT2D eigenvalue weighted by Gasteiger charge is -2.14. The first kappa shape index (κ1) is 15.6. The van der Waals surface area contributed by atoms with Crippen LogP contribution in [0.4, 0.5) is 5.82 Å². The predicted molar refractivity (Wildman–Crippen MR) is 86.5 cm³/mol. The van der Waals surface area contributed by atoms with Crippen LogP contribution in [0.2, 0.25) is 5.02 Å². The quantitative estimate of drug-likeness (QED) is 0.846. The van der Waals surface area contributed by atoms with Crippen molar-refractivity contribution in [2.24, 2.45) is 0 Å². The molecule has 0 aliphatic rings. The van der Waals surface area contributed by atoms with Crippen LogP contribution in [0, 0.1) is 6.92 Å². The maximum absolute atomic E-state index is 6.21. The van der Waals surface area contributed by atoms with Crippen molar-refractivity contribution in [1.29, 1.82) is 0 Å². The summed E-state index contributed by atoms with van der Waals surface area (Å²) >= 11 is 6.21. The summed E-state index contributed by atoms with van der Waals surface area (Å²) in [4.78, 5) is 8.54. The van der Waals surface area contributed by atoms with Crippen LogP contribution in [0.15, 0.2) is 24.5 Å². The van der Waals surface area contributed by atoms with Crippen LogP contribution in [0.5, 0.6) is 11.6 Å². The Morgan fingerprint density at radius 1 is 1.24 bits per heavy atom. The number of nitrogens with zero attached hydrogens (tertiary/aromatic N) is 2. The van der Waals surface area contributed by atoms with Crippen molar-refractivity contribution in [3.63, 3.8) is 0 Å². The minimum Gasteiger partial charge on any atom is -0.437 e. The van der Waals surface area contributed by atoms with E-state index >= 15 is 0 Å². The van der Waals surface area contributed by atoms with Gasteiger partial charge < -0.3 is 10.1 Å². The Bertz CT molecular complexity index is 616. The first-order valence-electron chi connectivity index (χ1n) is 7.17. The molecular formula is C16H20ClN3O. The summed E-state index contributed by atoms with van der Waals surface area (Å²) in [6, 6.07) is 5.70. The first-order chi connectivity index (χ1) is 10.2. The molecule has 1 N–H and O–H groups in total. The molecular weight excluding hydrogens is 286 g/mol. The van der Waals surface area contributed by atoms with Crippen LogP contribution in [0.1, 0.15) is 31.4 Å². The van der Waals surface area contributed by atoms with Crippen molar-refractivity contribution in [2.45, 2.75) is 33.6 Å². The van der Waals surface area contributed by atoms with E-state index in [-0.39, 0.29) is 0 Å². The smallest absolute Gasteiger partial charge is 0.227 e. The average Bonchev–Trinajstić information content (AvgIpc) is 2.48. The van der Waals surface area contributed by atoms with Gasteiger partial charge in [0.2, 0.25) is 5.88 Å². The molecule has 0 spiro atoms. The monoisotopic (exact) mass is 305 g/mol. The number of halogens is 1. The molecule has 0 aliphatic carbocycles. The molecule has 0 saturated heterocycles. The van der Waals surface area contributed by atoms with Crippen molar-refractivity contribution in [2.75, 3.05) is 11.9 Å². The molecule has 4 nitrogen and oxygen atoms in total. The van der Waals surface area contributed by atoms with E-state index in [1.165, 1.54) is 6.33 Å². The van der Waals surface area contributed by atoms with Crippen molar-refractivity contribution < 1.29 is 4.74 Å². The van der Waals surface area contributed by atoms with Gasteiger partial charge >= 0.3 is 0 Å². The number of aryl methyl sites for hydroxylation is 1. The van der Waals surface area contributed by atoms with Crippen LogP contribution in [-0.2, 0) is 6.42 Å². The highest BCUT2D eigenvalue weighted by Gasteiger charge is 2.13. The Kier molecular flexibility index (Phi) is 5.39. The summed E-state index contributed by atoms with van der Waals surface area (Å²) in [5.41, 5.74) is 2.05. The highest BCUT2D eigenvalue weighted by molar-refractivity contribution is 6.32. The molecule has 0 fully saturated rings. The topological polar surface area (TPSA) is 47.0 Å². The number of benzene rings is 1. The molecule has 0 radical (unpaired) electrons. The van der Waals surface area contributed by atoms with Gasteiger partial charge in [-0.2, -0.15) is 0 Å². The van der Waals surface area contributed by atoms with Crippen LogP contribution in [0.3, 0.4) is 0 Å². The van der Waals surface area contributed by atoms with Gasteiger partial charge in [0.25, 0.3) is 0 Å². The molecule has 21 heavy (non-hydrogen) atoms. The Morgan fingerprint density at radius 3 is 2.71 bits per heavy atom. The number of nitrogens with one attached hydrogen (secondary N) is 1. The van der Waals surface area contributed by atoms with E-state index < -0.39 is 0 Å². The molecule has 0 bridgehead atoms. The largest absolute Gasteiger partial charge is 0.437 e. The Morgan fingerprint density at radius 2 is 2.05 bits per heavy atom. The van der Waals surface area contributed by atoms with Crippen LogP contribution in [0.25, 0.3) is 0 Å². The van der Waals surface area contributed by atoms with Gasteiger partial charge in [0, 0.05) is 6.54 Å². The predicted octanol–water partition coefficient (Wildman–Crippen LogP) is 4.62. The number of hydrogen-bond donors (Lipinski definition) is 1. The van der Waals surface area contributed by atoms with Gasteiger partial charge in [-0.1, -0.05) is 31.5 Å². The highest BCUT2D eigenvalue weighted by Crippen LogP contribution is 2.32. The second-order valence-electron chi connectivity index (χ2n) is 4.82. The van der Waals surface area contributed by atoms with E-state index in [1.807, 2.05) is 25.1 Å². The van der Waals surface area contributed by atoms with E-state index in [9.17, 15) is 0 Å². The lowest BCUT2D eigenvalue weighted by Crippen LogP contribution is -2.07. The molecule has 0 amide bonds. The van der Waals surface area contributed by atoms with Gasteiger partial charge in [-0.05, 0) is 37.5 Å². The summed E-state index contributed by atoms with van der Waals surface area (Å²) in [7, 11) is 0. The summed E-state index contributed by atoms with van der Waals surface area (Å²) in [5.74, 6) is 1.99. The van der Waals surface area contributed by atoms with Gasteiger partial charge in [-0.15, -0.1) is 0 Å². The third-order valence-electron chi connectivity index (χ3n) is 3.10. The zero-order valence-corrected chi connectivity index (χ0v) is 13.4. The molecule has 0 aliphatic heterocycles. The Balaban J connectivity index is 2.30. The number of anilines is 1. The maximum Gasteiger partial charge on any atom is 0.227 e. The van der Waals surface area contributed by atoms with Gasteiger partial charge in [-0.3, -0.25) is 0 Å². The van der Waals surface area contributed by atoms with Crippen LogP contribution < -0.4 is 10.1 Å². The Labute approximate surface area is 130 Å². The van der Waals surface area contributed by atoms with E-state index in [0.29, 0.717) is 16.7 Å². The number of rotatable bonds is 6. The van der Waals surface area contributed by atoms with E-state index in [1.54, 1.807) is 0 Å². The fourth-order valence-electron chi connectivity index (χ4n) is 1.99. The molecule has 5 heteroatoms. The summed E-state index contributed by atoms with van der Waals surface area (Å²) in [6.07, 6.45) is 3.33. The number of ether oxygens (including phenoxy) is 1. The summed E-state index contributed by atoms with van der Waals surface area (Å²) in [5, 5.41) is 3.88. The fourth-order valence-corrected chi connectivity index (χ4v) is 2.26. The zero-order valence-electron chi connectivity index (χ0n) is 12.6. The normalized spacial score (nSPS) is 10.5. The van der Waals surface area contributed by atoms with Gasteiger partial charge in [0.05, 0.1) is 10.6 Å². The van der Waals surface area contributed by atoms with Gasteiger partial charge in [0.1, 0.15) is 17.9 Å². The molecule has 1 aromatic heterocycles. The number of aromatic nitrogens is 2. The molecule has 0 saturated carbocycles. The van der Waals surface area contributed by atoms with E-state index in [4.69, 9.17) is 16.3 Å². The third-order valence-corrected chi connectivity index (χ3v) is 3.39. The minimum atomic E-state index is 0.553. The van der Waals surface area contributed by atoms with Crippen molar-refractivity contribution >= 4 is 17.4 Å². The SMILES string of the molecule is CCCNc1ncnc(Oc2ccc(C)cc2Cl)c1CC. The van der Waals surface area contributed by atoms with E-state index in [0.717, 1.165) is 36.3 Å². The lowest BCUT2D eigenvalue weighted by molar-refractivity contribution is 0.455. The minimum absolute atomic E-state index is 0.553. The van der Waals surface area contributed by atoms with Crippen molar-refractivity contribution in [1.82, 2.24) is 9.97 Å². The first-order valence-corrected chi connectivity index (χ1v) is 7.55. The maximum atomic E-state index is 6.21. The third kappa shape index (κ3) is 3.85. The zero-order chi connectivity index (χ0) is 15.2. The van der Waals surface area contributed by atoms with E-state index in [2.05, 4.69) is 29.1 Å². The second-order valence-corrected chi connectivity index (χ2v) is 5.23. The molecule has 2 aromatic rings. The molecule has 0 atom stereocenters. The van der Waals surface area contributed by atoms with Crippen LogP contribution >= 0.6 is 11.6 Å². The Hall–Kier alpha value is -1.81.